The Labute approximate surface area is 109 Å². The summed E-state index contributed by atoms with van der Waals surface area (Å²) in [6.45, 7) is 2.37. The number of hydrogen-bond donors (Lipinski definition) is 2. The number of nitrogens with zero attached hydrogens (tertiary/aromatic N) is 2. The molecule has 0 aliphatic heterocycles. The molecule has 1 aromatic carbocycles. The lowest BCUT2D eigenvalue weighted by Gasteiger charge is -2.10. The second-order valence-electron chi connectivity index (χ2n) is 4.21. The second kappa shape index (κ2) is 5.01. The van der Waals surface area contributed by atoms with Crippen LogP contribution in [-0.4, -0.2) is 14.2 Å². The van der Waals surface area contributed by atoms with Crippen LogP contribution in [0.5, 0.6) is 5.75 Å². The summed E-state index contributed by atoms with van der Waals surface area (Å²) >= 11 is 0. The molecule has 6 nitrogen and oxygen atoms in total. The van der Waals surface area contributed by atoms with E-state index in [1.54, 1.807) is 19.1 Å². The van der Waals surface area contributed by atoms with E-state index in [0.29, 0.717) is 6.54 Å². The highest BCUT2D eigenvalue weighted by atomic mass is 16.3. The van der Waals surface area contributed by atoms with Crippen LogP contribution in [0.1, 0.15) is 12.5 Å². The summed E-state index contributed by atoms with van der Waals surface area (Å²) in [6.07, 6.45) is 1.36. The standard InChI is InChI=1S/C13H15N3O3/c1-2-15-8-11(14)12(18)16(13(15)19)7-9-3-5-10(17)6-4-9/h3-6,8,17H,2,7,14H2,1H3. The number of nitrogen functional groups attached to an aromatic ring is 1. The molecule has 1 heterocycles. The van der Waals surface area contributed by atoms with Gasteiger partial charge in [0.05, 0.1) is 6.54 Å². The lowest BCUT2D eigenvalue weighted by molar-refractivity contribution is 0.475. The Hall–Kier alpha value is -2.50. The molecule has 0 fully saturated rings. The molecular formula is C13H15N3O3. The number of anilines is 1. The fourth-order valence-corrected chi connectivity index (χ4v) is 1.83. The van der Waals surface area contributed by atoms with Crippen LogP contribution < -0.4 is 17.0 Å². The van der Waals surface area contributed by atoms with Gasteiger partial charge in [-0.15, -0.1) is 0 Å². The van der Waals surface area contributed by atoms with Crippen LogP contribution in [0.2, 0.25) is 0 Å². The van der Waals surface area contributed by atoms with Crippen molar-refractivity contribution in [3.63, 3.8) is 0 Å². The normalized spacial score (nSPS) is 10.6. The first-order chi connectivity index (χ1) is 9.02. The summed E-state index contributed by atoms with van der Waals surface area (Å²) in [5.74, 6) is 0.134. The highest BCUT2D eigenvalue weighted by Gasteiger charge is 2.09. The molecule has 100 valence electrons. The summed E-state index contributed by atoms with van der Waals surface area (Å²) in [6, 6.07) is 6.32. The number of hydrogen-bond acceptors (Lipinski definition) is 4. The first-order valence-corrected chi connectivity index (χ1v) is 5.90. The summed E-state index contributed by atoms with van der Waals surface area (Å²) in [7, 11) is 0. The lowest BCUT2D eigenvalue weighted by atomic mass is 10.2. The van der Waals surface area contributed by atoms with Gasteiger partial charge in [0.15, 0.2) is 0 Å². The maximum absolute atomic E-state index is 12.1. The summed E-state index contributed by atoms with van der Waals surface area (Å²) in [5.41, 5.74) is 5.50. The third kappa shape index (κ3) is 2.52. The lowest BCUT2D eigenvalue weighted by Crippen LogP contribution is -2.40. The number of rotatable bonds is 3. The SMILES string of the molecule is CCn1cc(N)c(=O)n(Cc2ccc(O)cc2)c1=O. The second-order valence-corrected chi connectivity index (χ2v) is 4.21. The predicted molar refractivity (Wildman–Crippen MR) is 72.3 cm³/mol. The number of nitrogens with two attached hydrogens (primary N) is 1. The van der Waals surface area contributed by atoms with Crippen molar-refractivity contribution in [2.45, 2.75) is 20.0 Å². The quantitative estimate of drug-likeness (QED) is 0.835. The Morgan fingerprint density at radius 1 is 1.21 bits per heavy atom. The zero-order valence-electron chi connectivity index (χ0n) is 10.5. The Kier molecular flexibility index (Phi) is 3.41. The van der Waals surface area contributed by atoms with Crippen LogP contribution in [-0.2, 0) is 13.1 Å². The average Bonchev–Trinajstić information content (AvgIpc) is 2.41. The number of aromatic nitrogens is 2. The maximum atomic E-state index is 12.1. The predicted octanol–water partition coefficient (Wildman–Crippen LogP) is 0.366. The average molecular weight is 261 g/mol. The minimum atomic E-state index is -0.497. The molecule has 0 bridgehead atoms. The Morgan fingerprint density at radius 2 is 1.84 bits per heavy atom. The van der Waals surface area contributed by atoms with Crippen molar-refractivity contribution in [2.24, 2.45) is 0 Å². The van der Waals surface area contributed by atoms with Gasteiger partial charge in [-0.2, -0.15) is 0 Å². The number of phenolic OH excluding ortho intramolecular Hbond substituents is 1. The molecule has 2 aromatic rings. The fraction of sp³-hybridized carbons (Fsp3) is 0.231. The smallest absolute Gasteiger partial charge is 0.331 e. The number of phenols is 1. The molecule has 1 aromatic heterocycles. The summed E-state index contributed by atoms with van der Waals surface area (Å²) in [4.78, 5) is 24.0. The van der Waals surface area contributed by atoms with Crippen LogP contribution in [0.15, 0.2) is 40.1 Å². The molecule has 0 amide bonds. The molecule has 19 heavy (non-hydrogen) atoms. The van der Waals surface area contributed by atoms with Crippen molar-refractivity contribution in [3.05, 3.63) is 56.9 Å². The molecule has 0 saturated heterocycles. The van der Waals surface area contributed by atoms with Crippen molar-refractivity contribution in [1.82, 2.24) is 9.13 Å². The summed E-state index contributed by atoms with van der Waals surface area (Å²) < 4.78 is 2.47. The first-order valence-electron chi connectivity index (χ1n) is 5.90. The zero-order valence-corrected chi connectivity index (χ0v) is 10.5. The Morgan fingerprint density at radius 3 is 2.42 bits per heavy atom. The maximum Gasteiger partial charge on any atom is 0.331 e. The number of aromatic hydroxyl groups is 1. The third-order valence-corrected chi connectivity index (χ3v) is 2.88. The largest absolute Gasteiger partial charge is 0.508 e. The van der Waals surface area contributed by atoms with E-state index in [4.69, 9.17) is 5.73 Å². The minimum Gasteiger partial charge on any atom is -0.508 e. The Bertz CT molecular complexity index is 699. The van der Waals surface area contributed by atoms with Gasteiger partial charge in [0.25, 0.3) is 5.56 Å². The molecule has 2 rings (SSSR count). The minimum absolute atomic E-state index is 0.0419. The van der Waals surface area contributed by atoms with E-state index in [-0.39, 0.29) is 18.0 Å². The third-order valence-electron chi connectivity index (χ3n) is 2.88. The van der Waals surface area contributed by atoms with Crippen molar-refractivity contribution in [2.75, 3.05) is 5.73 Å². The molecule has 0 unspecified atom stereocenters. The van der Waals surface area contributed by atoms with Crippen LogP contribution in [0.4, 0.5) is 5.69 Å². The summed E-state index contributed by atoms with van der Waals surface area (Å²) in [5, 5.41) is 9.20. The fourth-order valence-electron chi connectivity index (χ4n) is 1.83. The van der Waals surface area contributed by atoms with Crippen LogP contribution >= 0.6 is 0 Å². The first kappa shape index (κ1) is 12.9. The highest BCUT2D eigenvalue weighted by molar-refractivity contribution is 5.32. The van der Waals surface area contributed by atoms with Crippen molar-refractivity contribution in [1.29, 1.82) is 0 Å². The number of aryl methyl sites for hydroxylation is 1. The topological polar surface area (TPSA) is 90.2 Å². The van der Waals surface area contributed by atoms with Crippen LogP contribution in [0, 0.1) is 0 Å². The van der Waals surface area contributed by atoms with Gasteiger partial charge in [-0.25, -0.2) is 4.79 Å². The van der Waals surface area contributed by atoms with E-state index in [1.165, 1.54) is 22.9 Å². The monoisotopic (exact) mass is 261 g/mol. The highest BCUT2D eigenvalue weighted by Crippen LogP contribution is 2.09. The molecule has 0 atom stereocenters. The van der Waals surface area contributed by atoms with E-state index >= 15 is 0 Å². The van der Waals surface area contributed by atoms with Gasteiger partial charge in [-0.3, -0.25) is 13.9 Å². The van der Waals surface area contributed by atoms with E-state index < -0.39 is 11.2 Å². The van der Waals surface area contributed by atoms with Crippen molar-refractivity contribution in [3.8, 4) is 5.75 Å². The van der Waals surface area contributed by atoms with E-state index in [9.17, 15) is 14.7 Å². The van der Waals surface area contributed by atoms with Crippen molar-refractivity contribution >= 4 is 5.69 Å². The molecule has 0 radical (unpaired) electrons. The number of benzene rings is 1. The molecule has 6 heteroatoms. The zero-order chi connectivity index (χ0) is 14.0. The van der Waals surface area contributed by atoms with Crippen LogP contribution in [0.3, 0.4) is 0 Å². The van der Waals surface area contributed by atoms with E-state index in [2.05, 4.69) is 0 Å². The van der Waals surface area contributed by atoms with Crippen LogP contribution in [0.25, 0.3) is 0 Å². The van der Waals surface area contributed by atoms with E-state index in [0.717, 1.165) is 10.1 Å². The van der Waals surface area contributed by atoms with Gasteiger partial charge in [0.2, 0.25) is 0 Å². The van der Waals surface area contributed by atoms with Crippen molar-refractivity contribution < 1.29 is 5.11 Å². The van der Waals surface area contributed by atoms with Gasteiger partial charge in [0.1, 0.15) is 11.4 Å². The Balaban J connectivity index is 2.50. The van der Waals surface area contributed by atoms with Gasteiger partial charge >= 0.3 is 5.69 Å². The van der Waals surface area contributed by atoms with E-state index in [1.807, 2.05) is 0 Å². The van der Waals surface area contributed by atoms with Gasteiger partial charge in [0, 0.05) is 12.7 Å². The van der Waals surface area contributed by atoms with Gasteiger partial charge in [-0.05, 0) is 24.6 Å². The molecule has 3 N–H and O–H groups in total. The van der Waals surface area contributed by atoms with Gasteiger partial charge < -0.3 is 10.8 Å². The molecular weight excluding hydrogens is 246 g/mol. The molecule has 0 aliphatic rings. The molecule has 0 spiro atoms. The van der Waals surface area contributed by atoms with Gasteiger partial charge in [-0.1, -0.05) is 12.1 Å². The molecule has 0 saturated carbocycles. The molecule has 0 aliphatic carbocycles.